The number of hydrogen-bond acceptors (Lipinski definition) is 5. The summed E-state index contributed by atoms with van der Waals surface area (Å²) in [6.45, 7) is 8.41. The highest BCUT2D eigenvalue weighted by atomic mass is 32.2. The van der Waals surface area contributed by atoms with Gasteiger partial charge in [-0.1, -0.05) is 6.07 Å². The van der Waals surface area contributed by atoms with Crippen LogP contribution in [-0.2, 0) is 23.6 Å². The van der Waals surface area contributed by atoms with Crippen LogP contribution < -0.4 is 0 Å². The summed E-state index contributed by atoms with van der Waals surface area (Å²) in [7, 11) is -1.50. The van der Waals surface area contributed by atoms with Crippen LogP contribution in [0.25, 0.3) is 11.0 Å². The van der Waals surface area contributed by atoms with E-state index in [1.807, 2.05) is 50.1 Å². The quantitative estimate of drug-likeness (QED) is 0.544. The van der Waals surface area contributed by atoms with Gasteiger partial charge >= 0.3 is 0 Å². The molecule has 0 saturated carbocycles. The van der Waals surface area contributed by atoms with Crippen LogP contribution in [-0.4, -0.2) is 77.2 Å². The van der Waals surface area contributed by atoms with Crippen molar-refractivity contribution in [3.05, 3.63) is 58.9 Å². The Morgan fingerprint density at radius 2 is 1.63 bits per heavy atom. The number of carbonyl (C=O) groups excluding carboxylic acids is 1. The van der Waals surface area contributed by atoms with Crippen molar-refractivity contribution in [2.75, 3.05) is 39.3 Å². The SMILES string of the molecule is Cc1ccc(S(=O)(=O)N2CCN(Cc3nc4cc(C(=O)N5CCCC5)ccc4n3C)CC2)cc1C. The van der Waals surface area contributed by atoms with Crippen molar-refractivity contribution in [1.82, 2.24) is 23.7 Å². The highest BCUT2D eigenvalue weighted by molar-refractivity contribution is 7.89. The standard InChI is InChI=1S/C26H33N5O3S/c1-19-6-8-22(16-20(19)2)35(33,34)31-14-12-29(13-15-31)18-25-27-23-17-21(7-9-24(23)28(25)3)26(32)30-10-4-5-11-30/h6-9,16-17H,4-5,10-15,18H2,1-3H3. The number of benzene rings is 2. The van der Waals surface area contributed by atoms with E-state index in [0.29, 0.717) is 43.2 Å². The summed E-state index contributed by atoms with van der Waals surface area (Å²) in [5.41, 5.74) is 4.58. The average molecular weight is 496 g/mol. The summed E-state index contributed by atoms with van der Waals surface area (Å²) in [5, 5.41) is 0. The van der Waals surface area contributed by atoms with Crippen LogP contribution in [0.1, 0.15) is 40.2 Å². The molecule has 0 spiro atoms. The van der Waals surface area contributed by atoms with E-state index in [9.17, 15) is 13.2 Å². The molecule has 0 unspecified atom stereocenters. The van der Waals surface area contributed by atoms with Crippen molar-refractivity contribution in [1.29, 1.82) is 0 Å². The van der Waals surface area contributed by atoms with Crippen molar-refractivity contribution < 1.29 is 13.2 Å². The van der Waals surface area contributed by atoms with Crippen LogP contribution in [0.3, 0.4) is 0 Å². The van der Waals surface area contributed by atoms with E-state index in [-0.39, 0.29) is 5.91 Å². The van der Waals surface area contributed by atoms with Gasteiger partial charge in [0.25, 0.3) is 5.91 Å². The molecule has 8 nitrogen and oxygen atoms in total. The highest BCUT2D eigenvalue weighted by Crippen LogP contribution is 2.23. The lowest BCUT2D eigenvalue weighted by atomic mass is 10.1. The summed E-state index contributed by atoms with van der Waals surface area (Å²) in [6.07, 6.45) is 2.14. The van der Waals surface area contributed by atoms with E-state index >= 15 is 0 Å². The lowest BCUT2D eigenvalue weighted by molar-refractivity contribution is 0.0793. The Labute approximate surface area is 207 Å². The minimum atomic E-state index is -3.50. The van der Waals surface area contributed by atoms with Gasteiger partial charge in [-0.25, -0.2) is 13.4 Å². The largest absolute Gasteiger partial charge is 0.339 e. The van der Waals surface area contributed by atoms with Gasteiger partial charge in [0.1, 0.15) is 5.82 Å². The third-order valence-corrected chi connectivity index (χ3v) is 9.32. The zero-order chi connectivity index (χ0) is 24.7. The third kappa shape index (κ3) is 4.60. The molecule has 1 aromatic heterocycles. The minimum Gasteiger partial charge on any atom is -0.339 e. The van der Waals surface area contributed by atoms with Crippen molar-refractivity contribution in [2.24, 2.45) is 7.05 Å². The Bertz CT molecular complexity index is 1370. The Morgan fingerprint density at radius 1 is 0.914 bits per heavy atom. The Hall–Kier alpha value is -2.75. The van der Waals surface area contributed by atoms with Crippen molar-refractivity contribution in [3.63, 3.8) is 0 Å². The summed E-state index contributed by atoms with van der Waals surface area (Å²) in [6, 6.07) is 11.1. The maximum atomic E-state index is 13.1. The molecule has 9 heteroatoms. The lowest BCUT2D eigenvalue weighted by Gasteiger charge is -2.33. The number of aromatic nitrogens is 2. The number of piperazine rings is 1. The monoisotopic (exact) mass is 495 g/mol. The van der Waals surface area contributed by atoms with Crippen molar-refractivity contribution >= 4 is 27.0 Å². The molecule has 186 valence electrons. The fourth-order valence-corrected chi connectivity index (χ4v) is 6.49. The number of aryl methyl sites for hydroxylation is 3. The molecule has 0 N–H and O–H groups in total. The molecule has 0 atom stereocenters. The van der Waals surface area contributed by atoms with E-state index in [1.165, 1.54) is 0 Å². The molecule has 2 aliphatic rings. The summed E-state index contributed by atoms with van der Waals surface area (Å²) >= 11 is 0. The van der Waals surface area contributed by atoms with E-state index < -0.39 is 10.0 Å². The fraction of sp³-hybridized carbons (Fsp3) is 0.462. The predicted octanol–water partition coefficient (Wildman–Crippen LogP) is 2.93. The van der Waals surface area contributed by atoms with Crippen LogP contribution in [0.4, 0.5) is 0 Å². The average Bonchev–Trinajstić information content (AvgIpc) is 3.49. The fourth-order valence-electron chi connectivity index (χ4n) is 4.98. The van der Waals surface area contributed by atoms with Crippen molar-refractivity contribution in [3.8, 4) is 0 Å². The summed E-state index contributed by atoms with van der Waals surface area (Å²) in [4.78, 5) is 22.1. The number of nitrogens with zero attached hydrogens (tertiary/aromatic N) is 5. The molecule has 3 aromatic rings. The molecular weight excluding hydrogens is 462 g/mol. The Balaban J connectivity index is 1.26. The Kier molecular flexibility index (Phi) is 6.41. The molecule has 2 aliphatic heterocycles. The first-order valence-electron chi connectivity index (χ1n) is 12.3. The van der Waals surface area contributed by atoms with Gasteiger partial charge in [-0.05, 0) is 68.1 Å². The highest BCUT2D eigenvalue weighted by Gasteiger charge is 2.29. The maximum Gasteiger partial charge on any atom is 0.253 e. The second kappa shape index (κ2) is 9.37. The van der Waals surface area contributed by atoms with E-state index in [2.05, 4.69) is 9.47 Å². The minimum absolute atomic E-state index is 0.0812. The number of sulfonamides is 1. The van der Waals surface area contributed by atoms with Gasteiger partial charge in [-0.2, -0.15) is 4.31 Å². The molecule has 3 heterocycles. The summed E-state index contributed by atoms with van der Waals surface area (Å²) in [5.74, 6) is 0.994. The van der Waals surface area contributed by atoms with Gasteiger partial charge in [0.2, 0.25) is 10.0 Å². The van der Waals surface area contributed by atoms with Gasteiger partial charge in [-0.15, -0.1) is 0 Å². The lowest BCUT2D eigenvalue weighted by Crippen LogP contribution is -2.48. The smallest absolute Gasteiger partial charge is 0.253 e. The van der Waals surface area contributed by atoms with Gasteiger partial charge < -0.3 is 9.47 Å². The third-order valence-electron chi connectivity index (χ3n) is 7.43. The molecule has 2 saturated heterocycles. The zero-order valence-corrected chi connectivity index (χ0v) is 21.5. The van der Waals surface area contributed by atoms with Crippen LogP contribution in [0.2, 0.25) is 0 Å². The number of imidazole rings is 1. The number of likely N-dealkylation sites (tertiary alicyclic amines) is 1. The predicted molar refractivity (Wildman–Crippen MR) is 136 cm³/mol. The summed E-state index contributed by atoms with van der Waals surface area (Å²) < 4.78 is 29.9. The van der Waals surface area contributed by atoms with E-state index in [4.69, 9.17) is 4.98 Å². The molecule has 2 aromatic carbocycles. The van der Waals surface area contributed by atoms with Crippen LogP contribution in [0, 0.1) is 13.8 Å². The van der Waals surface area contributed by atoms with Crippen LogP contribution in [0.15, 0.2) is 41.3 Å². The molecule has 0 aliphatic carbocycles. The number of carbonyl (C=O) groups is 1. The van der Waals surface area contributed by atoms with Crippen LogP contribution >= 0.6 is 0 Å². The molecule has 0 bridgehead atoms. The first-order chi connectivity index (χ1) is 16.7. The molecule has 1 amide bonds. The number of fused-ring (bicyclic) bond motifs is 1. The molecule has 2 fully saturated rings. The van der Waals surface area contributed by atoms with Gasteiger partial charge in [0.05, 0.1) is 22.5 Å². The van der Waals surface area contributed by atoms with Gasteiger partial charge in [-0.3, -0.25) is 9.69 Å². The number of hydrogen-bond donors (Lipinski definition) is 0. The van der Waals surface area contributed by atoms with Gasteiger partial charge in [0.15, 0.2) is 0 Å². The Morgan fingerprint density at radius 3 is 2.31 bits per heavy atom. The first-order valence-corrected chi connectivity index (χ1v) is 13.7. The second-order valence-corrected chi connectivity index (χ2v) is 11.7. The van der Waals surface area contributed by atoms with E-state index in [1.54, 1.807) is 16.4 Å². The van der Waals surface area contributed by atoms with Gasteiger partial charge in [0, 0.05) is 51.9 Å². The number of amides is 1. The molecular formula is C26H33N5O3S. The molecule has 0 radical (unpaired) electrons. The van der Waals surface area contributed by atoms with E-state index in [0.717, 1.165) is 53.9 Å². The second-order valence-electron chi connectivity index (χ2n) is 9.72. The van der Waals surface area contributed by atoms with Crippen LogP contribution in [0.5, 0.6) is 0 Å². The zero-order valence-electron chi connectivity index (χ0n) is 20.7. The molecule has 5 rings (SSSR count). The normalized spacial score (nSPS) is 18.0. The topological polar surface area (TPSA) is 78.8 Å². The number of rotatable bonds is 5. The van der Waals surface area contributed by atoms with Crippen molar-refractivity contribution in [2.45, 2.75) is 38.1 Å². The maximum absolute atomic E-state index is 13.1. The molecule has 35 heavy (non-hydrogen) atoms. The first kappa shape index (κ1) is 24.0.